The molecule has 0 aromatic heterocycles. The first kappa shape index (κ1) is 23.8. The summed E-state index contributed by atoms with van der Waals surface area (Å²) in [7, 11) is 3.05. The van der Waals surface area contributed by atoms with Crippen LogP contribution in [-0.4, -0.2) is 62.7 Å². The molecular formula is C21H35N3O4. The van der Waals surface area contributed by atoms with Crippen LogP contribution in [0.2, 0.25) is 0 Å². The molecule has 7 heteroatoms. The Balaban J connectivity index is 2.84. The van der Waals surface area contributed by atoms with E-state index in [1.165, 1.54) is 14.2 Å². The molecule has 1 rings (SSSR count). The van der Waals surface area contributed by atoms with Gasteiger partial charge in [0, 0.05) is 24.2 Å². The minimum Gasteiger partial charge on any atom is -0.497 e. The molecule has 1 aromatic carbocycles. The van der Waals surface area contributed by atoms with Crippen molar-refractivity contribution < 1.29 is 19.1 Å². The molecule has 0 spiro atoms. The topological polar surface area (TPSA) is 79.9 Å². The lowest BCUT2D eigenvalue weighted by molar-refractivity contribution is -0.124. The number of rotatable bonds is 11. The predicted molar refractivity (Wildman–Crippen MR) is 111 cm³/mol. The van der Waals surface area contributed by atoms with Crippen LogP contribution in [0.4, 0.5) is 0 Å². The molecule has 2 amide bonds. The van der Waals surface area contributed by atoms with Crippen molar-refractivity contribution >= 4 is 11.8 Å². The molecule has 0 saturated heterocycles. The lowest BCUT2D eigenvalue weighted by atomic mass is 10.0. The first-order chi connectivity index (χ1) is 13.3. The SMILES string of the molecule is CCN(CC)C(C)CNC(=O)C(NC(=O)c1cc(OC)cc(OC)c1)C(C)C. The number of hydrogen-bond acceptors (Lipinski definition) is 5. The van der Waals surface area contributed by atoms with E-state index in [4.69, 9.17) is 9.47 Å². The molecule has 0 aliphatic rings. The van der Waals surface area contributed by atoms with Gasteiger partial charge in [-0.1, -0.05) is 27.7 Å². The van der Waals surface area contributed by atoms with E-state index in [1.807, 2.05) is 13.8 Å². The third kappa shape index (κ3) is 6.71. The van der Waals surface area contributed by atoms with Gasteiger partial charge in [0.2, 0.25) is 5.91 Å². The summed E-state index contributed by atoms with van der Waals surface area (Å²) in [6.45, 7) is 12.5. The molecule has 1 aromatic rings. The predicted octanol–water partition coefficient (Wildman–Crippen LogP) is 2.30. The van der Waals surface area contributed by atoms with Crippen molar-refractivity contribution in [1.29, 1.82) is 0 Å². The maximum absolute atomic E-state index is 12.7. The van der Waals surface area contributed by atoms with E-state index in [-0.39, 0.29) is 23.8 Å². The summed E-state index contributed by atoms with van der Waals surface area (Å²) in [6.07, 6.45) is 0. The Bertz CT molecular complexity index is 622. The van der Waals surface area contributed by atoms with Gasteiger partial charge in [-0.3, -0.25) is 14.5 Å². The van der Waals surface area contributed by atoms with Crippen molar-refractivity contribution in [1.82, 2.24) is 15.5 Å². The molecule has 0 aliphatic heterocycles. The van der Waals surface area contributed by atoms with Crippen molar-refractivity contribution in [3.05, 3.63) is 23.8 Å². The molecule has 0 saturated carbocycles. The van der Waals surface area contributed by atoms with Crippen molar-refractivity contribution in [2.24, 2.45) is 5.92 Å². The van der Waals surface area contributed by atoms with E-state index in [2.05, 4.69) is 36.3 Å². The van der Waals surface area contributed by atoms with Crippen molar-refractivity contribution in [2.75, 3.05) is 33.9 Å². The number of benzene rings is 1. The smallest absolute Gasteiger partial charge is 0.252 e. The summed E-state index contributed by atoms with van der Waals surface area (Å²) in [5.74, 6) is 0.450. The Morgan fingerprint density at radius 3 is 1.96 bits per heavy atom. The van der Waals surface area contributed by atoms with Crippen LogP contribution in [0.1, 0.15) is 45.0 Å². The third-order valence-electron chi connectivity index (χ3n) is 4.86. The minimum atomic E-state index is -0.631. The van der Waals surface area contributed by atoms with E-state index >= 15 is 0 Å². The number of carbonyl (C=O) groups is 2. The number of nitrogens with zero attached hydrogens (tertiary/aromatic N) is 1. The van der Waals surface area contributed by atoms with Gasteiger partial charge in [-0.2, -0.15) is 0 Å². The molecule has 2 N–H and O–H groups in total. The van der Waals surface area contributed by atoms with Gasteiger partial charge in [-0.25, -0.2) is 0 Å². The molecule has 0 aliphatic carbocycles. The molecule has 0 heterocycles. The summed E-state index contributed by atoms with van der Waals surface area (Å²) >= 11 is 0. The fraction of sp³-hybridized carbons (Fsp3) is 0.619. The van der Waals surface area contributed by atoms with Crippen LogP contribution >= 0.6 is 0 Å². The monoisotopic (exact) mass is 393 g/mol. The number of ether oxygens (including phenoxy) is 2. The highest BCUT2D eigenvalue weighted by Gasteiger charge is 2.25. The van der Waals surface area contributed by atoms with Crippen LogP contribution in [0.15, 0.2) is 18.2 Å². The van der Waals surface area contributed by atoms with Gasteiger partial charge in [0.15, 0.2) is 0 Å². The highest BCUT2D eigenvalue weighted by atomic mass is 16.5. The number of hydrogen-bond donors (Lipinski definition) is 2. The van der Waals surface area contributed by atoms with Crippen LogP contribution in [-0.2, 0) is 4.79 Å². The van der Waals surface area contributed by atoms with Gasteiger partial charge in [0.25, 0.3) is 5.91 Å². The van der Waals surface area contributed by atoms with Crippen LogP contribution in [0.5, 0.6) is 11.5 Å². The standard InChI is InChI=1S/C21H35N3O4/c1-8-24(9-2)15(5)13-22-21(26)19(14(3)4)23-20(25)16-10-17(27-6)12-18(11-16)28-7/h10-12,14-15,19H,8-9,13H2,1-7H3,(H,22,26)(H,23,25). The number of nitrogens with one attached hydrogen (secondary N) is 2. The summed E-state index contributed by atoms with van der Waals surface area (Å²) in [6, 6.07) is 4.53. The average molecular weight is 394 g/mol. The average Bonchev–Trinajstić information content (AvgIpc) is 2.70. The second kappa shape index (κ2) is 11.5. The van der Waals surface area contributed by atoms with Crippen molar-refractivity contribution in [2.45, 2.75) is 46.7 Å². The van der Waals surface area contributed by atoms with Crippen molar-refractivity contribution in [3.8, 4) is 11.5 Å². The van der Waals surface area contributed by atoms with Crippen LogP contribution < -0.4 is 20.1 Å². The molecule has 2 atom stereocenters. The highest BCUT2D eigenvalue weighted by molar-refractivity contribution is 5.98. The quantitative estimate of drug-likeness (QED) is 0.603. The van der Waals surface area contributed by atoms with Gasteiger partial charge in [-0.15, -0.1) is 0 Å². The normalized spacial score (nSPS) is 13.2. The van der Waals surface area contributed by atoms with Gasteiger partial charge in [0.1, 0.15) is 17.5 Å². The lowest BCUT2D eigenvalue weighted by Crippen LogP contribution is -2.52. The van der Waals surface area contributed by atoms with Gasteiger partial charge in [0.05, 0.1) is 14.2 Å². The number of carbonyl (C=O) groups excluding carboxylic acids is 2. The summed E-state index contributed by atoms with van der Waals surface area (Å²) in [4.78, 5) is 27.7. The Hall–Kier alpha value is -2.28. The fourth-order valence-electron chi connectivity index (χ4n) is 3.03. The summed E-state index contributed by atoms with van der Waals surface area (Å²) < 4.78 is 10.4. The zero-order valence-electron chi connectivity index (χ0n) is 18.2. The molecule has 0 radical (unpaired) electrons. The zero-order chi connectivity index (χ0) is 21.3. The molecule has 158 valence electrons. The van der Waals surface area contributed by atoms with E-state index in [0.29, 0.717) is 23.6 Å². The Labute approximate surface area is 168 Å². The molecular weight excluding hydrogens is 358 g/mol. The molecule has 0 fully saturated rings. The number of amides is 2. The van der Waals surface area contributed by atoms with Crippen LogP contribution in [0.3, 0.4) is 0 Å². The van der Waals surface area contributed by atoms with Crippen LogP contribution in [0, 0.1) is 5.92 Å². The van der Waals surface area contributed by atoms with Gasteiger partial charge < -0.3 is 20.1 Å². The Morgan fingerprint density at radius 2 is 1.54 bits per heavy atom. The van der Waals surface area contributed by atoms with Gasteiger partial charge in [-0.05, 0) is 38.1 Å². The lowest BCUT2D eigenvalue weighted by Gasteiger charge is -2.28. The van der Waals surface area contributed by atoms with Crippen LogP contribution in [0.25, 0.3) is 0 Å². The number of likely N-dealkylation sites (N-methyl/N-ethyl adjacent to an activating group) is 1. The number of methoxy groups -OCH3 is 2. The fourth-order valence-corrected chi connectivity index (χ4v) is 3.03. The molecule has 2 unspecified atom stereocenters. The maximum atomic E-state index is 12.7. The van der Waals surface area contributed by atoms with Crippen molar-refractivity contribution in [3.63, 3.8) is 0 Å². The third-order valence-corrected chi connectivity index (χ3v) is 4.86. The summed E-state index contributed by atoms with van der Waals surface area (Å²) in [5.41, 5.74) is 0.381. The Kier molecular flexibility index (Phi) is 9.79. The highest BCUT2D eigenvalue weighted by Crippen LogP contribution is 2.22. The van der Waals surface area contributed by atoms with E-state index in [0.717, 1.165) is 13.1 Å². The minimum absolute atomic E-state index is 0.0554. The van der Waals surface area contributed by atoms with Gasteiger partial charge >= 0.3 is 0 Å². The second-order valence-electron chi connectivity index (χ2n) is 7.11. The Morgan fingerprint density at radius 1 is 1.00 bits per heavy atom. The largest absolute Gasteiger partial charge is 0.497 e. The molecule has 28 heavy (non-hydrogen) atoms. The molecule has 7 nitrogen and oxygen atoms in total. The van der Waals surface area contributed by atoms with E-state index in [9.17, 15) is 9.59 Å². The first-order valence-corrected chi connectivity index (χ1v) is 9.82. The molecule has 0 bridgehead atoms. The van der Waals surface area contributed by atoms with E-state index < -0.39 is 6.04 Å². The maximum Gasteiger partial charge on any atom is 0.252 e. The second-order valence-corrected chi connectivity index (χ2v) is 7.11. The first-order valence-electron chi connectivity index (χ1n) is 9.82. The van der Waals surface area contributed by atoms with E-state index in [1.54, 1.807) is 18.2 Å². The zero-order valence-corrected chi connectivity index (χ0v) is 18.2. The summed E-state index contributed by atoms with van der Waals surface area (Å²) in [5, 5.41) is 5.81.